The Bertz CT molecular complexity index is 470. The summed E-state index contributed by atoms with van der Waals surface area (Å²) in [6.07, 6.45) is 3.86. The van der Waals surface area contributed by atoms with E-state index in [1.165, 1.54) is 25.3 Å². The first-order valence-corrected chi connectivity index (χ1v) is 7.18. The van der Waals surface area contributed by atoms with Crippen molar-refractivity contribution in [3.8, 4) is 0 Å². The van der Waals surface area contributed by atoms with Gasteiger partial charge in [0.05, 0.1) is 16.9 Å². The Hall–Kier alpha value is -1.75. The highest BCUT2D eigenvalue weighted by atomic mass is 16.4. The van der Waals surface area contributed by atoms with Gasteiger partial charge in [-0.2, -0.15) is 0 Å². The average molecular weight is 277 g/mol. The summed E-state index contributed by atoms with van der Waals surface area (Å²) in [7, 11) is 0. The van der Waals surface area contributed by atoms with Crippen LogP contribution in [-0.4, -0.2) is 41.7 Å². The van der Waals surface area contributed by atoms with Crippen molar-refractivity contribution in [3.63, 3.8) is 0 Å². The van der Waals surface area contributed by atoms with Crippen LogP contribution in [0.3, 0.4) is 0 Å². The van der Waals surface area contributed by atoms with Crippen LogP contribution in [0.2, 0.25) is 0 Å². The Morgan fingerprint density at radius 3 is 2.75 bits per heavy atom. The normalized spacial score (nSPS) is 17.6. The number of nitrogens with two attached hydrogens (primary N) is 1. The van der Waals surface area contributed by atoms with Gasteiger partial charge < -0.3 is 21.1 Å². The molecule has 0 aliphatic carbocycles. The molecular formula is C15H23N3O2. The lowest BCUT2D eigenvalue weighted by atomic mass is 10.1. The zero-order valence-electron chi connectivity index (χ0n) is 11.9. The summed E-state index contributed by atoms with van der Waals surface area (Å²) >= 11 is 0. The summed E-state index contributed by atoms with van der Waals surface area (Å²) in [5.74, 6) is -0.934. The van der Waals surface area contributed by atoms with Crippen molar-refractivity contribution >= 4 is 17.3 Å². The molecule has 1 aromatic rings. The lowest BCUT2D eigenvalue weighted by molar-refractivity contribution is 0.0697. The molecule has 1 unspecified atom stereocenters. The standard InChI is InChI=1S/C15H23N3O2/c1-11(10-18-7-3-2-4-8-18)17-14-9-12(15(19)20)5-6-13(14)16/h5-6,9,11,17H,2-4,7-8,10,16H2,1H3,(H,19,20). The van der Waals surface area contributed by atoms with Crippen molar-refractivity contribution in [2.45, 2.75) is 32.2 Å². The number of piperidine rings is 1. The van der Waals surface area contributed by atoms with Gasteiger partial charge in [-0.05, 0) is 51.1 Å². The maximum absolute atomic E-state index is 11.0. The van der Waals surface area contributed by atoms with Crippen molar-refractivity contribution in [3.05, 3.63) is 23.8 Å². The van der Waals surface area contributed by atoms with Crippen LogP contribution < -0.4 is 11.1 Å². The summed E-state index contributed by atoms with van der Waals surface area (Å²) in [5.41, 5.74) is 7.45. The average Bonchev–Trinajstić information content (AvgIpc) is 2.42. The minimum atomic E-state index is -0.934. The van der Waals surface area contributed by atoms with Crippen molar-refractivity contribution in [1.82, 2.24) is 4.90 Å². The smallest absolute Gasteiger partial charge is 0.335 e. The Morgan fingerprint density at radius 1 is 1.40 bits per heavy atom. The highest BCUT2D eigenvalue weighted by molar-refractivity contribution is 5.90. The molecule has 5 nitrogen and oxygen atoms in total. The highest BCUT2D eigenvalue weighted by Gasteiger charge is 2.14. The fourth-order valence-corrected chi connectivity index (χ4v) is 2.65. The number of aromatic carboxylic acids is 1. The minimum Gasteiger partial charge on any atom is -0.478 e. The molecule has 0 bridgehead atoms. The molecule has 4 N–H and O–H groups in total. The lowest BCUT2D eigenvalue weighted by Gasteiger charge is -2.30. The third-order valence-corrected chi connectivity index (χ3v) is 3.68. The van der Waals surface area contributed by atoms with E-state index in [1.54, 1.807) is 12.1 Å². The monoisotopic (exact) mass is 277 g/mol. The number of hydrogen-bond acceptors (Lipinski definition) is 4. The zero-order chi connectivity index (χ0) is 14.5. The molecule has 1 heterocycles. The van der Waals surface area contributed by atoms with Crippen LogP contribution >= 0.6 is 0 Å². The summed E-state index contributed by atoms with van der Waals surface area (Å²) in [6, 6.07) is 5.00. The van der Waals surface area contributed by atoms with Crippen LogP contribution in [0, 0.1) is 0 Å². The fraction of sp³-hybridized carbons (Fsp3) is 0.533. The van der Waals surface area contributed by atoms with E-state index in [-0.39, 0.29) is 11.6 Å². The predicted octanol–water partition coefficient (Wildman–Crippen LogP) is 2.25. The van der Waals surface area contributed by atoms with E-state index in [4.69, 9.17) is 10.8 Å². The van der Waals surface area contributed by atoms with E-state index in [2.05, 4.69) is 17.1 Å². The Morgan fingerprint density at radius 2 is 2.10 bits per heavy atom. The van der Waals surface area contributed by atoms with E-state index < -0.39 is 5.97 Å². The molecule has 0 aromatic heterocycles. The largest absolute Gasteiger partial charge is 0.478 e. The van der Waals surface area contributed by atoms with Crippen LogP contribution in [0.15, 0.2) is 18.2 Å². The van der Waals surface area contributed by atoms with Crippen molar-refractivity contribution in [1.29, 1.82) is 0 Å². The number of benzene rings is 1. The molecule has 1 aliphatic rings. The summed E-state index contributed by atoms with van der Waals surface area (Å²) < 4.78 is 0. The van der Waals surface area contributed by atoms with E-state index in [1.807, 2.05) is 0 Å². The molecule has 0 spiro atoms. The number of carboxylic acids is 1. The molecule has 1 aliphatic heterocycles. The number of nitrogens with one attached hydrogen (secondary N) is 1. The molecule has 5 heteroatoms. The second-order valence-electron chi connectivity index (χ2n) is 5.51. The van der Waals surface area contributed by atoms with Crippen molar-refractivity contribution < 1.29 is 9.90 Å². The van der Waals surface area contributed by atoms with Crippen LogP contribution in [0.5, 0.6) is 0 Å². The van der Waals surface area contributed by atoms with Gasteiger partial charge >= 0.3 is 5.97 Å². The van der Waals surface area contributed by atoms with Gasteiger partial charge in [0.15, 0.2) is 0 Å². The van der Waals surface area contributed by atoms with Gasteiger partial charge in [-0.15, -0.1) is 0 Å². The molecule has 0 saturated carbocycles. The number of nitrogens with zero attached hydrogens (tertiary/aromatic N) is 1. The van der Waals surface area contributed by atoms with Gasteiger partial charge in [-0.3, -0.25) is 0 Å². The molecule has 1 aromatic carbocycles. The van der Waals surface area contributed by atoms with Crippen LogP contribution in [0.1, 0.15) is 36.5 Å². The second-order valence-corrected chi connectivity index (χ2v) is 5.51. The summed E-state index contributed by atoms with van der Waals surface area (Å²) in [6.45, 7) is 5.35. The van der Waals surface area contributed by atoms with Crippen molar-refractivity contribution in [2.75, 3.05) is 30.7 Å². The number of anilines is 2. The lowest BCUT2D eigenvalue weighted by Crippen LogP contribution is -2.38. The first kappa shape index (κ1) is 14.7. The van der Waals surface area contributed by atoms with Gasteiger partial charge in [-0.1, -0.05) is 6.42 Å². The molecule has 1 atom stereocenters. The first-order chi connectivity index (χ1) is 9.56. The van der Waals surface area contributed by atoms with E-state index in [0.717, 1.165) is 19.6 Å². The van der Waals surface area contributed by atoms with Gasteiger partial charge in [0, 0.05) is 12.6 Å². The molecule has 20 heavy (non-hydrogen) atoms. The number of carboxylic acid groups (broad SMARTS) is 1. The van der Waals surface area contributed by atoms with E-state index in [0.29, 0.717) is 11.4 Å². The minimum absolute atomic E-state index is 0.236. The maximum Gasteiger partial charge on any atom is 0.335 e. The Kier molecular flexibility index (Phi) is 4.84. The number of rotatable bonds is 5. The van der Waals surface area contributed by atoms with Crippen LogP contribution in [0.25, 0.3) is 0 Å². The second kappa shape index (κ2) is 6.61. The maximum atomic E-state index is 11.0. The van der Waals surface area contributed by atoms with Crippen LogP contribution in [-0.2, 0) is 0 Å². The van der Waals surface area contributed by atoms with Gasteiger partial charge in [0.25, 0.3) is 0 Å². The summed E-state index contributed by atoms with van der Waals surface area (Å²) in [4.78, 5) is 13.4. The van der Waals surface area contributed by atoms with Gasteiger partial charge in [-0.25, -0.2) is 4.79 Å². The van der Waals surface area contributed by atoms with Crippen molar-refractivity contribution in [2.24, 2.45) is 0 Å². The van der Waals surface area contributed by atoms with Gasteiger partial charge in [0.2, 0.25) is 0 Å². The molecule has 1 fully saturated rings. The third-order valence-electron chi connectivity index (χ3n) is 3.68. The number of hydrogen-bond donors (Lipinski definition) is 3. The topological polar surface area (TPSA) is 78.6 Å². The molecule has 0 radical (unpaired) electrons. The Balaban J connectivity index is 1.97. The Labute approximate surface area is 119 Å². The first-order valence-electron chi connectivity index (χ1n) is 7.18. The zero-order valence-corrected chi connectivity index (χ0v) is 11.9. The molecular weight excluding hydrogens is 254 g/mol. The predicted molar refractivity (Wildman–Crippen MR) is 81.2 cm³/mol. The number of carbonyl (C=O) groups is 1. The molecule has 0 amide bonds. The van der Waals surface area contributed by atoms with Crippen LogP contribution in [0.4, 0.5) is 11.4 Å². The summed E-state index contributed by atoms with van der Waals surface area (Å²) in [5, 5.41) is 12.3. The van der Waals surface area contributed by atoms with Gasteiger partial charge in [0.1, 0.15) is 0 Å². The fourth-order valence-electron chi connectivity index (χ4n) is 2.65. The molecule has 2 rings (SSSR count). The number of likely N-dealkylation sites (tertiary alicyclic amines) is 1. The third kappa shape index (κ3) is 3.87. The highest BCUT2D eigenvalue weighted by Crippen LogP contribution is 2.21. The number of nitrogen functional groups attached to an aromatic ring is 1. The molecule has 110 valence electrons. The van der Waals surface area contributed by atoms with E-state index >= 15 is 0 Å². The van der Waals surface area contributed by atoms with E-state index in [9.17, 15) is 4.79 Å². The SMILES string of the molecule is CC(CN1CCCCC1)Nc1cc(C(=O)O)ccc1N. The molecule has 1 saturated heterocycles. The quantitative estimate of drug-likeness (QED) is 0.719.